The first-order valence-corrected chi connectivity index (χ1v) is 4.09. The van der Waals surface area contributed by atoms with Crippen molar-refractivity contribution < 1.29 is 13.5 Å². The Balaban J connectivity index is 2.32. The maximum Gasteiger partial charge on any atom is 0.239 e. The molecule has 0 aliphatic rings. The number of halogens is 2. The average Bonchev–Trinajstić information content (AvgIpc) is 2.25. The summed E-state index contributed by atoms with van der Waals surface area (Å²) in [6.45, 7) is 0. The highest BCUT2D eigenvalue weighted by atomic mass is 19.1. The fourth-order valence-corrected chi connectivity index (χ4v) is 0.992. The van der Waals surface area contributed by atoms with E-state index in [1.807, 2.05) is 0 Å². The van der Waals surface area contributed by atoms with Crippen molar-refractivity contribution in [2.75, 3.05) is 0 Å². The number of aromatic nitrogens is 2. The largest absolute Gasteiger partial charge is 0.431 e. The van der Waals surface area contributed by atoms with E-state index in [0.717, 1.165) is 12.1 Å². The molecular formula is C10H5F2N2O. The summed E-state index contributed by atoms with van der Waals surface area (Å²) in [4.78, 5) is 0. The molecule has 1 aromatic carbocycles. The minimum atomic E-state index is -0.787. The van der Waals surface area contributed by atoms with Crippen LogP contribution in [0.1, 0.15) is 0 Å². The molecule has 1 aromatic heterocycles. The Morgan fingerprint density at radius 1 is 1.13 bits per heavy atom. The standard InChI is InChI=1S/C10H5F2N2O/c11-7-3-1-4-8(12)10(7)15-9-5-2-6-13-14-9/h1-5H. The summed E-state index contributed by atoms with van der Waals surface area (Å²) in [7, 11) is 0. The van der Waals surface area contributed by atoms with Crippen molar-refractivity contribution in [2.24, 2.45) is 0 Å². The lowest BCUT2D eigenvalue weighted by atomic mass is 10.3. The number of rotatable bonds is 2. The highest BCUT2D eigenvalue weighted by molar-refractivity contribution is 5.29. The number of hydrogen-bond acceptors (Lipinski definition) is 3. The van der Waals surface area contributed by atoms with E-state index in [9.17, 15) is 8.78 Å². The Bertz CT molecular complexity index is 442. The second kappa shape index (κ2) is 4.00. The van der Waals surface area contributed by atoms with Gasteiger partial charge in [-0.15, -0.1) is 10.2 Å². The van der Waals surface area contributed by atoms with Crippen LogP contribution in [0.3, 0.4) is 0 Å². The van der Waals surface area contributed by atoms with Gasteiger partial charge in [-0.3, -0.25) is 0 Å². The lowest BCUT2D eigenvalue weighted by molar-refractivity contribution is 0.391. The average molecular weight is 207 g/mol. The first-order chi connectivity index (χ1) is 7.27. The molecule has 0 bridgehead atoms. The molecule has 0 fully saturated rings. The number of ether oxygens (including phenoxy) is 1. The third kappa shape index (κ3) is 2.07. The third-order valence-corrected chi connectivity index (χ3v) is 1.63. The predicted molar refractivity (Wildman–Crippen MR) is 47.3 cm³/mol. The Morgan fingerprint density at radius 3 is 2.47 bits per heavy atom. The van der Waals surface area contributed by atoms with Gasteiger partial charge in [0.1, 0.15) is 6.20 Å². The van der Waals surface area contributed by atoms with Crippen molar-refractivity contribution >= 4 is 0 Å². The molecule has 5 heteroatoms. The lowest BCUT2D eigenvalue weighted by Gasteiger charge is -2.04. The normalized spacial score (nSPS) is 10.0. The zero-order chi connectivity index (χ0) is 10.7. The fourth-order valence-electron chi connectivity index (χ4n) is 0.992. The first-order valence-electron chi connectivity index (χ1n) is 4.09. The van der Waals surface area contributed by atoms with Gasteiger partial charge in [0, 0.05) is 6.07 Å². The summed E-state index contributed by atoms with van der Waals surface area (Å²) in [6.07, 6.45) is 2.42. The highest BCUT2D eigenvalue weighted by Crippen LogP contribution is 2.25. The van der Waals surface area contributed by atoms with Gasteiger partial charge in [-0.25, -0.2) is 8.78 Å². The highest BCUT2D eigenvalue weighted by Gasteiger charge is 2.10. The Morgan fingerprint density at radius 2 is 1.87 bits per heavy atom. The van der Waals surface area contributed by atoms with Crippen LogP contribution in [0.2, 0.25) is 0 Å². The molecule has 1 heterocycles. The molecule has 2 aromatic rings. The van der Waals surface area contributed by atoms with Gasteiger partial charge in [0.2, 0.25) is 11.6 Å². The Hall–Kier alpha value is -2.04. The van der Waals surface area contributed by atoms with Crippen LogP contribution in [-0.4, -0.2) is 10.2 Å². The molecular weight excluding hydrogens is 202 g/mol. The van der Waals surface area contributed by atoms with Crippen molar-refractivity contribution in [1.82, 2.24) is 10.2 Å². The van der Waals surface area contributed by atoms with Crippen LogP contribution in [-0.2, 0) is 0 Å². The molecule has 0 amide bonds. The van der Waals surface area contributed by atoms with Crippen LogP contribution >= 0.6 is 0 Å². The summed E-state index contributed by atoms with van der Waals surface area (Å²) in [5.74, 6) is -2.05. The monoisotopic (exact) mass is 207 g/mol. The number of para-hydroxylation sites is 1. The predicted octanol–water partition coefficient (Wildman–Crippen LogP) is 2.35. The molecule has 3 nitrogen and oxygen atoms in total. The van der Waals surface area contributed by atoms with Crippen molar-refractivity contribution in [3.8, 4) is 11.6 Å². The summed E-state index contributed by atoms with van der Waals surface area (Å²) in [5, 5.41) is 6.89. The zero-order valence-electron chi connectivity index (χ0n) is 7.45. The number of hydrogen-bond donors (Lipinski definition) is 0. The minimum absolute atomic E-state index is 0.0118. The summed E-state index contributed by atoms with van der Waals surface area (Å²) in [5.41, 5.74) is 0. The minimum Gasteiger partial charge on any atom is -0.431 e. The topological polar surface area (TPSA) is 35.0 Å². The quantitative estimate of drug-likeness (QED) is 0.758. The van der Waals surface area contributed by atoms with Crippen molar-refractivity contribution in [2.45, 2.75) is 0 Å². The van der Waals surface area contributed by atoms with Crippen LogP contribution in [0.15, 0.2) is 30.3 Å². The summed E-state index contributed by atoms with van der Waals surface area (Å²) in [6, 6.07) is 6.28. The van der Waals surface area contributed by atoms with E-state index in [-0.39, 0.29) is 5.88 Å². The Labute approximate surface area is 84.3 Å². The zero-order valence-corrected chi connectivity index (χ0v) is 7.45. The molecule has 0 spiro atoms. The fraction of sp³-hybridized carbons (Fsp3) is 0. The van der Waals surface area contributed by atoms with Gasteiger partial charge < -0.3 is 4.74 Å². The molecule has 2 rings (SSSR count). The van der Waals surface area contributed by atoms with Crippen LogP contribution in [0.5, 0.6) is 11.6 Å². The van der Waals surface area contributed by atoms with Gasteiger partial charge in [-0.1, -0.05) is 6.07 Å². The SMILES string of the molecule is Fc1cccc(F)c1Oc1cc[c]nn1. The first kappa shape index (κ1) is 9.51. The van der Waals surface area contributed by atoms with E-state index in [0.29, 0.717) is 0 Å². The van der Waals surface area contributed by atoms with E-state index < -0.39 is 17.4 Å². The molecule has 0 unspecified atom stereocenters. The van der Waals surface area contributed by atoms with E-state index in [2.05, 4.69) is 16.4 Å². The van der Waals surface area contributed by atoms with Gasteiger partial charge in [0.25, 0.3) is 0 Å². The van der Waals surface area contributed by atoms with E-state index in [1.165, 1.54) is 18.2 Å². The van der Waals surface area contributed by atoms with Gasteiger partial charge in [0.05, 0.1) is 0 Å². The maximum absolute atomic E-state index is 13.1. The smallest absolute Gasteiger partial charge is 0.239 e. The van der Waals surface area contributed by atoms with Crippen molar-refractivity contribution in [3.05, 3.63) is 48.2 Å². The third-order valence-electron chi connectivity index (χ3n) is 1.63. The lowest BCUT2D eigenvalue weighted by Crippen LogP contribution is -1.94. The molecule has 0 N–H and O–H groups in total. The van der Waals surface area contributed by atoms with Crippen LogP contribution in [0, 0.1) is 17.8 Å². The van der Waals surface area contributed by atoms with Gasteiger partial charge in [-0.2, -0.15) is 0 Å². The molecule has 0 saturated heterocycles. The van der Waals surface area contributed by atoms with Crippen molar-refractivity contribution in [1.29, 1.82) is 0 Å². The molecule has 0 atom stereocenters. The summed E-state index contributed by atoms with van der Waals surface area (Å²) < 4.78 is 31.1. The second-order valence-electron chi connectivity index (χ2n) is 2.65. The summed E-state index contributed by atoms with van der Waals surface area (Å²) >= 11 is 0. The second-order valence-corrected chi connectivity index (χ2v) is 2.65. The van der Waals surface area contributed by atoms with Gasteiger partial charge in [0.15, 0.2) is 11.6 Å². The van der Waals surface area contributed by atoms with E-state index in [4.69, 9.17) is 4.74 Å². The van der Waals surface area contributed by atoms with E-state index >= 15 is 0 Å². The van der Waals surface area contributed by atoms with Crippen LogP contribution in [0.4, 0.5) is 8.78 Å². The maximum atomic E-state index is 13.1. The molecule has 15 heavy (non-hydrogen) atoms. The van der Waals surface area contributed by atoms with Crippen LogP contribution < -0.4 is 4.74 Å². The van der Waals surface area contributed by atoms with E-state index in [1.54, 1.807) is 0 Å². The van der Waals surface area contributed by atoms with Crippen LogP contribution in [0.25, 0.3) is 0 Å². The van der Waals surface area contributed by atoms with Crippen molar-refractivity contribution in [3.63, 3.8) is 0 Å². The molecule has 1 radical (unpaired) electrons. The van der Waals surface area contributed by atoms with Gasteiger partial charge >= 0.3 is 0 Å². The number of benzene rings is 1. The Kier molecular flexibility index (Phi) is 2.53. The molecule has 75 valence electrons. The molecule has 0 aliphatic carbocycles. The molecule has 0 saturated carbocycles. The molecule has 0 aliphatic heterocycles. The number of nitrogens with zero attached hydrogens (tertiary/aromatic N) is 2. The van der Waals surface area contributed by atoms with Gasteiger partial charge in [-0.05, 0) is 18.2 Å².